The molecule has 0 saturated carbocycles. The number of nitrogens with zero attached hydrogens (tertiary/aromatic N) is 5. The summed E-state index contributed by atoms with van der Waals surface area (Å²) in [4.78, 5) is 23.8. The largest absolute Gasteiger partial charge is 0.340 e. The van der Waals surface area contributed by atoms with E-state index in [0.717, 1.165) is 69.6 Å². The highest BCUT2D eigenvalue weighted by Gasteiger charge is 2.46. The van der Waals surface area contributed by atoms with Gasteiger partial charge in [0.1, 0.15) is 11.5 Å². The number of anilines is 2. The van der Waals surface area contributed by atoms with E-state index >= 15 is 0 Å². The number of halogens is 2. The van der Waals surface area contributed by atoms with Crippen LogP contribution in [0.2, 0.25) is 0 Å². The summed E-state index contributed by atoms with van der Waals surface area (Å²) in [7, 11) is 1.78. The van der Waals surface area contributed by atoms with Crippen molar-refractivity contribution >= 4 is 28.3 Å². The van der Waals surface area contributed by atoms with E-state index < -0.39 is 19.0 Å². The van der Waals surface area contributed by atoms with E-state index in [4.69, 9.17) is 9.97 Å². The van der Waals surface area contributed by atoms with Gasteiger partial charge in [0.2, 0.25) is 0 Å². The quantitative estimate of drug-likeness (QED) is 0.323. The van der Waals surface area contributed by atoms with Gasteiger partial charge in [0, 0.05) is 52.2 Å². The number of amides is 1. The van der Waals surface area contributed by atoms with Crippen LogP contribution < -0.4 is 5.32 Å². The van der Waals surface area contributed by atoms with Crippen LogP contribution in [0.25, 0.3) is 33.4 Å². The lowest BCUT2D eigenvalue weighted by molar-refractivity contribution is -0.113. The number of rotatable bonds is 5. The highest BCUT2D eigenvalue weighted by atomic mass is 19.3. The highest BCUT2D eigenvalue weighted by Crippen LogP contribution is 2.34. The van der Waals surface area contributed by atoms with Crippen molar-refractivity contribution in [2.75, 3.05) is 18.4 Å². The Kier molecular flexibility index (Phi) is 5.26. The predicted molar refractivity (Wildman–Crippen MR) is 144 cm³/mol. The third-order valence-corrected chi connectivity index (χ3v) is 7.57. The number of likely N-dealkylation sites (tertiary alicyclic amines) is 1. The van der Waals surface area contributed by atoms with E-state index in [1.54, 1.807) is 23.9 Å². The molecule has 0 radical (unpaired) electrons. The van der Waals surface area contributed by atoms with E-state index in [1.165, 1.54) is 4.90 Å². The summed E-state index contributed by atoms with van der Waals surface area (Å²) in [5.74, 6) is -1.79. The number of hydrogen-bond acceptors (Lipinski definition) is 5. The van der Waals surface area contributed by atoms with Crippen LogP contribution in [0, 0.1) is 0 Å². The van der Waals surface area contributed by atoms with Gasteiger partial charge in [-0.3, -0.25) is 9.89 Å². The summed E-state index contributed by atoms with van der Waals surface area (Å²) in [5, 5.41) is 11.2. The second-order valence-corrected chi connectivity index (χ2v) is 10.2. The molecule has 7 rings (SSSR count). The van der Waals surface area contributed by atoms with Crippen molar-refractivity contribution in [2.45, 2.75) is 25.2 Å². The first-order valence-corrected chi connectivity index (χ1v) is 12.9. The Hall–Kier alpha value is -4.60. The second kappa shape index (κ2) is 8.72. The lowest BCUT2D eigenvalue weighted by Crippen LogP contribution is -2.58. The van der Waals surface area contributed by atoms with E-state index in [0.29, 0.717) is 11.5 Å². The zero-order chi connectivity index (χ0) is 26.7. The average Bonchev–Trinajstić information content (AvgIpc) is 3.68. The Bertz CT molecular complexity index is 1720. The summed E-state index contributed by atoms with van der Waals surface area (Å²) in [6.07, 6.45) is 6.49. The van der Waals surface area contributed by atoms with E-state index in [9.17, 15) is 13.6 Å². The van der Waals surface area contributed by atoms with E-state index in [-0.39, 0.29) is 5.91 Å². The fraction of sp³-hybridized carbons (Fsp3) is 0.241. The molecule has 8 nitrogen and oxygen atoms in total. The first-order chi connectivity index (χ1) is 18.8. The maximum absolute atomic E-state index is 13.3. The number of alkyl halides is 2. The normalized spacial score (nSPS) is 15.8. The summed E-state index contributed by atoms with van der Waals surface area (Å²) >= 11 is 0. The van der Waals surface area contributed by atoms with Crippen LogP contribution in [0.5, 0.6) is 0 Å². The summed E-state index contributed by atoms with van der Waals surface area (Å²) < 4.78 is 28.4. The minimum absolute atomic E-state index is 0.383. The zero-order valence-electron chi connectivity index (χ0n) is 21.2. The monoisotopic (exact) mass is 525 g/mol. The molecule has 3 aromatic heterocycles. The van der Waals surface area contributed by atoms with Crippen LogP contribution in [-0.2, 0) is 19.9 Å². The Morgan fingerprint density at radius 2 is 1.79 bits per heavy atom. The second-order valence-electron chi connectivity index (χ2n) is 10.2. The van der Waals surface area contributed by atoms with Crippen molar-refractivity contribution in [2.24, 2.45) is 7.05 Å². The van der Waals surface area contributed by atoms with Crippen LogP contribution in [0.1, 0.15) is 28.2 Å². The topological polar surface area (TPSA) is 91.7 Å². The molecule has 39 heavy (non-hydrogen) atoms. The predicted octanol–water partition coefficient (Wildman–Crippen LogP) is 5.35. The molecule has 4 heterocycles. The molecule has 0 spiro atoms. The Labute approximate surface area is 222 Å². The molecular weight excluding hydrogens is 500 g/mol. The molecule has 2 aromatic carbocycles. The van der Waals surface area contributed by atoms with Crippen LogP contribution in [0.15, 0.2) is 60.9 Å². The number of carbonyl (C=O) groups is 1. The van der Waals surface area contributed by atoms with Crippen molar-refractivity contribution in [1.29, 1.82) is 0 Å². The minimum Gasteiger partial charge on any atom is -0.340 e. The van der Waals surface area contributed by atoms with Crippen molar-refractivity contribution in [3.63, 3.8) is 0 Å². The van der Waals surface area contributed by atoms with Gasteiger partial charge in [-0.1, -0.05) is 24.3 Å². The molecule has 196 valence electrons. The van der Waals surface area contributed by atoms with Gasteiger partial charge >= 0.3 is 0 Å². The van der Waals surface area contributed by atoms with Gasteiger partial charge in [-0.25, -0.2) is 18.7 Å². The number of fused-ring (bicyclic) bond motifs is 2. The fourth-order valence-electron chi connectivity index (χ4n) is 5.45. The number of H-pyrrole nitrogens is 1. The SMILES string of the molecule is Cn1c(C(=O)N2CC(F)(F)C2)cc2ccc(-c3nc4c(c(Nc5ccc(-c6cn[nH]c6)cc5)n3)CCC4)cc21. The molecule has 5 aromatic rings. The first-order valence-electron chi connectivity index (χ1n) is 12.9. The Morgan fingerprint density at radius 3 is 2.54 bits per heavy atom. The van der Waals surface area contributed by atoms with Crippen LogP contribution in [0.3, 0.4) is 0 Å². The smallest absolute Gasteiger partial charge is 0.282 e. The van der Waals surface area contributed by atoms with E-state index in [1.807, 2.05) is 48.7 Å². The molecule has 1 saturated heterocycles. The highest BCUT2D eigenvalue weighted by molar-refractivity contribution is 6.00. The number of aryl methyl sites for hydroxylation is 2. The number of aromatic nitrogens is 5. The molecular formula is C29H25F2N7O. The zero-order valence-corrected chi connectivity index (χ0v) is 21.2. The van der Waals surface area contributed by atoms with Crippen molar-refractivity contribution < 1.29 is 13.6 Å². The number of hydrogen-bond donors (Lipinski definition) is 2. The first kappa shape index (κ1) is 23.5. The lowest BCUT2D eigenvalue weighted by Gasteiger charge is -2.38. The molecule has 2 aliphatic rings. The molecule has 10 heteroatoms. The number of nitrogens with one attached hydrogen (secondary N) is 2. The molecule has 0 atom stereocenters. The third kappa shape index (κ3) is 4.12. The molecule has 0 bridgehead atoms. The van der Waals surface area contributed by atoms with Gasteiger partial charge in [0.15, 0.2) is 5.82 Å². The number of benzene rings is 2. The molecule has 1 amide bonds. The Balaban J connectivity index is 1.20. The maximum Gasteiger partial charge on any atom is 0.282 e. The maximum atomic E-state index is 13.3. The standard InChI is InChI=1S/C29H25F2N7O/c1-37-24-12-19(6-5-18(24)11-25(37)28(39)38-15-29(30,31)16-38)26-35-23-4-2-3-22(23)27(36-26)34-21-9-7-17(8-10-21)20-13-32-33-14-20/h5-14H,2-4,15-16H2,1H3,(H,32,33)(H,34,35,36). The molecule has 0 unspecified atom stereocenters. The number of carbonyl (C=O) groups excluding carboxylic acids is 1. The summed E-state index contributed by atoms with van der Waals surface area (Å²) in [6.45, 7) is -1.08. The Morgan fingerprint density at radius 1 is 1.00 bits per heavy atom. The van der Waals surface area contributed by atoms with Crippen LogP contribution in [-0.4, -0.2) is 54.6 Å². The third-order valence-electron chi connectivity index (χ3n) is 7.57. The van der Waals surface area contributed by atoms with Gasteiger partial charge in [0.25, 0.3) is 11.8 Å². The molecule has 1 aliphatic carbocycles. The molecule has 2 N–H and O–H groups in total. The lowest BCUT2D eigenvalue weighted by atomic mass is 10.1. The van der Waals surface area contributed by atoms with Gasteiger partial charge in [-0.15, -0.1) is 0 Å². The summed E-state index contributed by atoms with van der Waals surface area (Å²) in [5.41, 5.74) is 7.22. The van der Waals surface area contributed by atoms with Crippen molar-refractivity contribution in [1.82, 2.24) is 29.6 Å². The number of aromatic amines is 1. The van der Waals surface area contributed by atoms with Crippen molar-refractivity contribution in [3.05, 3.63) is 77.9 Å². The van der Waals surface area contributed by atoms with Crippen molar-refractivity contribution in [3.8, 4) is 22.5 Å². The van der Waals surface area contributed by atoms with Crippen LogP contribution >= 0.6 is 0 Å². The van der Waals surface area contributed by atoms with Crippen LogP contribution in [0.4, 0.5) is 20.3 Å². The van der Waals surface area contributed by atoms with E-state index in [2.05, 4.69) is 15.5 Å². The van der Waals surface area contributed by atoms with Gasteiger partial charge < -0.3 is 14.8 Å². The van der Waals surface area contributed by atoms with Gasteiger partial charge in [-0.2, -0.15) is 5.10 Å². The fourth-order valence-corrected chi connectivity index (χ4v) is 5.45. The average molecular weight is 526 g/mol. The molecule has 1 fully saturated rings. The minimum atomic E-state index is -2.80. The molecule has 1 aliphatic heterocycles. The van der Waals surface area contributed by atoms with Gasteiger partial charge in [0.05, 0.1) is 19.3 Å². The summed E-state index contributed by atoms with van der Waals surface area (Å²) in [6, 6.07) is 15.7. The van der Waals surface area contributed by atoms with Gasteiger partial charge in [-0.05, 0) is 49.1 Å².